The molecule has 0 saturated carbocycles. The van der Waals surface area contributed by atoms with E-state index in [1.807, 2.05) is 48.5 Å². The summed E-state index contributed by atoms with van der Waals surface area (Å²) in [6.07, 6.45) is -1.17. The summed E-state index contributed by atoms with van der Waals surface area (Å²) in [7, 11) is 0. The fourth-order valence-corrected chi connectivity index (χ4v) is 2.42. The molecule has 1 atom stereocenters. The predicted octanol–water partition coefficient (Wildman–Crippen LogP) is 4.35. The van der Waals surface area contributed by atoms with Crippen LogP contribution in [0.25, 0.3) is 0 Å². The first-order valence-electron chi connectivity index (χ1n) is 7.44. The molecule has 0 amide bonds. The van der Waals surface area contributed by atoms with Gasteiger partial charge in [0.25, 0.3) is 0 Å². The number of carbonyl (C=O) groups is 1. The van der Waals surface area contributed by atoms with Crippen molar-refractivity contribution in [3.63, 3.8) is 0 Å². The summed E-state index contributed by atoms with van der Waals surface area (Å²) in [5, 5.41) is 13.6. The third-order valence-corrected chi connectivity index (χ3v) is 3.61. The Hall–Kier alpha value is -2.91. The SMILES string of the molecule is O=C(c1ccccc1Nc1ccccc1)C(O)c1ccccc1. The van der Waals surface area contributed by atoms with Gasteiger partial charge in [-0.25, -0.2) is 0 Å². The van der Waals surface area contributed by atoms with Crippen molar-refractivity contribution in [2.75, 3.05) is 5.32 Å². The Morgan fingerprint density at radius 1 is 0.783 bits per heavy atom. The van der Waals surface area contributed by atoms with Gasteiger partial charge in [-0.3, -0.25) is 4.79 Å². The van der Waals surface area contributed by atoms with E-state index < -0.39 is 6.10 Å². The number of aliphatic hydroxyl groups is 1. The average molecular weight is 303 g/mol. The Kier molecular flexibility index (Phi) is 4.50. The number of Topliss-reactive ketones (excluding diaryl/α,β-unsaturated/α-hetero) is 1. The molecule has 3 aromatic rings. The number of anilines is 2. The van der Waals surface area contributed by atoms with Crippen molar-refractivity contribution in [2.24, 2.45) is 0 Å². The lowest BCUT2D eigenvalue weighted by atomic mass is 9.98. The number of para-hydroxylation sites is 2. The van der Waals surface area contributed by atoms with E-state index in [1.54, 1.807) is 36.4 Å². The molecule has 3 rings (SSSR count). The van der Waals surface area contributed by atoms with Crippen molar-refractivity contribution in [1.29, 1.82) is 0 Å². The number of benzene rings is 3. The second kappa shape index (κ2) is 6.90. The van der Waals surface area contributed by atoms with Crippen molar-refractivity contribution in [1.82, 2.24) is 0 Å². The molecule has 0 heterocycles. The quantitative estimate of drug-likeness (QED) is 0.689. The number of hydrogen-bond acceptors (Lipinski definition) is 3. The second-order valence-corrected chi connectivity index (χ2v) is 5.21. The molecule has 2 N–H and O–H groups in total. The number of nitrogens with one attached hydrogen (secondary N) is 1. The van der Waals surface area contributed by atoms with Gasteiger partial charge in [0.2, 0.25) is 0 Å². The molecule has 0 aliphatic rings. The van der Waals surface area contributed by atoms with E-state index >= 15 is 0 Å². The number of hydrogen-bond donors (Lipinski definition) is 2. The van der Waals surface area contributed by atoms with E-state index in [4.69, 9.17) is 0 Å². The van der Waals surface area contributed by atoms with Crippen LogP contribution in [0.15, 0.2) is 84.9 Å². The smallest absolute Gasteiger partial charge is 0.197 e. The monoisotopic (exact) mass is 303 g/mol. The minimum Gasteiger partial charge on any atom is -0.380 e. The summed E-state index contributed by atoms with van der Waals surface area (Å²) < 4.78 is 0. The summed E-state index contributed by atoms with van der Waals surface area (Å²) in [5.74, 6) is -0.324. The van der Waals surface area contributed by atoms with Gasteiger partial charge in [0, 0.05) is 16.9 Å². The maximum Gasteiger partial charge on any atom is 0.197 e. The van der Waals surface area contributed by atoms with E-state index in [0.29, 0.717) is 16.8 Å². The number of rotatable bonds is 5. The molecule has 0 aromatic heterocycles. The minimum atomic E-state index is -1.17. The van der Waals surface area contributed by atoms with E-state index in [9.17, 15) is 9.90 Å². The molecule has 3 heteroatoms. The molecule has 0 fully saturated rings. The maximum absolute atomic E-state index is 12.7. The number of carbonyl (C=O) groups excluding carboxylic acids is 1. The van der Waals surface area contributed by atoms with E-state index in [0.717, 1.165) is 5.69 Å². The largest absolute Gasteiger partial charge is 0.380 e. The summed E-state index contributed by atoms with van der Waals surface area (Å²) in [6.45, 7) is 0. The van der Waals surface area contributed by atoms with Crippen LogP contribution in [0.3, 0.4) is 0 Å². The van der Waals surface area contributed by atoms with Crippen LogP contribution in [-0.4, -0.2) is 10.9 Å². The topological polar surface area (TPSA) is 49.3 Å². The summed E-state index contributed by atoms with van der Waals surface area (Å²) in [5.41, 5.74) is 2.63. The zero-order valence-corrected chi connectivity index (χ0v) is 12.5. The Balaban J connectivity index is 1.89. The van der Waals surface area contributed by atoms with Crippen LogP contribution >= 0.6 is 0 Å². The van der Waals surface area contributed by atoms with E-state index in [2.05, 4.69) is 5.32 Å². The first-order valence-corrected chi connectivity index (χ1v) is 7.44. The average Bonchev–Trinajstić information content (AvgIpc) is 2.62. The first kappa shape index (κ1) is 15.0. The third-order valence-electron chi connectivity index (χ3n) is 3.61. The molecule has 0 bridgehead atoms. The molecule has 0 aliphatic heterocycles. The van der Waals surface area contributed by atoms with Gasteiger partial charge in [-0.15, -0.1) is 0 Å². The van der Waals surface area contributed by atoms with Crippen LogP contribution in [0.5, 0.6) is 0 Å². The van der Waals surface area contributed by atoms with E-state index in [-0.39, 0.29) is 5.78 Å². The van der Waals surface area contributed by atoms with Gasteiger partial charge in [0.15, 0.2) is 5.78 Å². The summed E-state index contributed by atoms with van der Waals surface area (Å²) >= 11 is 0. The molecular formula is C20H17NO2. The van der Waals surface area contributed by atoms with Gasteiger partial charge < -0.3 is 10.4 Å². The van der Waals surface area contributed by atoms with Gasteiger partial charge in [-0.1, -0.05) is 60.7 Å². The van der Waals surface area contributed by atoms with Gasteiger partial charge in [0.05, 0.1) is 0 Å². The fourth-order valence-electron chi connectivity index (χ4n) is 2.42. The van der Waals surface area contributed by atoms with Crippen LogP contribution in [-0.2, 0) is 0 Å². The molecule has 114 valence electrons. The highest BCUT2D eigenvalue weighted by molar-refractivity contribution is 6.04. The van der Waals surface area contributed by atoms with Crippen molar-refractivity contribution < 1.29 is 9.90 Å². The Morgan fingerprint density at radius 3 is 2.04 bits per heavy atom. The fraction of sp³-hybridized carbons (Fsp3) is 0.0500. The molecule has 0 radical (unpaired) electrons. The van der Waals surface area contributed by atoms with Gasteiger partial charge in [-0.2, -0.15) is 0 Å². The van der Waals surface area contributed by atoms with Crippen molar-refractivity contribution >= 4 is 17.2 Å². The molecule has 0 aliphatic carbocycles. The zero-order chi connectivity index (χ0) is 16.1. The third kappa shape index (κ3) is 3.47. The minimum absolute atomic E-state index is 0.324. The number of aliphatic hydroxyl groups excluding tert-OH is 1. The summed E-state index contributed by atoms with van der Waals surface area (Å²) in [4.78, 5) is 12.7. The molecule has 23 heavy (non-hydrogen) atoms. The van der Waals surface area contributed by atoms with Crippen LogP contribution in [0.4, 0.5) is 11.4 Å². The van der Waals surface area contributed by atoms with Gasteiger partial charge in [0.1, 0.15) is 6.10 Å². The molecule has 3 nitrogen and oxygen atoms in total. The molecular weight excluding hydrogens is 286 g/mol. The Morgan fingerprint density at radius 2 is 1.35 bits per heavy atom. The molecule has 0 saturated heterocycles. The maximum atomic E-state index is 12.7. The predicted molar refractivity (Wildman–Crippen MR) is 91.9 cm³/mol. The summed E-state index contributed by atoms with van der Waals surface area (Å²) in [6, 6.07) is 25.8. The Bertz CT molecular complexity index is 785. The highest BCUT2D eigenvalue weighted by Gasteiger charge is 2.21. The van der Waals surface area contributed by atoms with Gasteiger partial charge >= 0.3 is 0 Å². The van der Waals surface area contributed by atoms with Crippen LogP contribution in [0.1, 0.15) is 22.0 Å². The standard InChI is InChI=1S/C20H17NO2/c22-19(15-9-3-1-4-10-15)20(23)17-13-7-8-14-18(17)21-16-11-5-2-6-12-16/h1-14,19,21-22H. The van der Waals surface area contributed by atoms with Crippen molar-refractivity contribution in [3.05, 3.63) is 96.1 Å². The van der Waals surface area contributed by atoms with Crippen molar-refractivity contribution in [2.45, 2.75) is 6.10 Å². The molecule has 0 spiro atoms. The highest BCUT2D eigenvalue weighted by atomic mass is 16.3. The lowest BCUT2D eigenvalue weighted by Gasteiger charge is -2.14. The number of ketones is 1. The van der Waals surface area contributed by atoms with E-state index in [1.165, 1.54) is 0 Å². The lowest BCUT2D eigenvalue weighted by molar-refractivity contribution is 0.0748. The first-order chi connectivity index (χ1) is 11.3. The zero-order valence-electron chi connectivity index (χ0n) is 12.5. The molecule has 1 unspecified atom stereocenters. The van der Waals surface area contributed by atoms with Gasteiger partial charge in [-0.05, 0) is 29.8 Å². The Labute approximate surface area is 135 Å². The van der Waals surface area contributed by atoms with Crippen LogP contribution < -0.4 is 5.32 Å². The lowest BCUT2D eigenvalue weighted by Crippen LogP contribution is -2.14. The highest BCUT2D eigenvalue weighted by Crippen LogP contribution is 2.26. The van der Waals surface area contributed by atoms with Crippen LogP contribution in [0, 0.1) is 0 Å². The molecule has 3 aromatic carbocycles. The van der Waals surface area contributed by atoms with Crippen molar-refractivity contribution in [3.8, 4) is 0 Å². The second-order valence-electron chi connectivity index (χ2n) is 5.21. The normalized spacial score (nSPS) is 11.7. The van der Waals surface area contributed by atoms with Crippen LogP contribution in [0.2, 0.25) is 0 Å².